The van der Waals surface area contributed by atoms with E-state index in [0.29, 0.717) is 6.42 Å². The SMILES string of the molecule is COc1ccc(C2=NN(C(=O)CCC(=O)O)C(c3ccc(C)cc3)C2)cc1. The molecule has 6 heteroatoms. The van der Waals surface area contributed by atoms with Crippen LogP contribution in [0.25, 0.3) is 0 Å². The Morgan fingerprint density at radius 2 is 1.78 bits per heavy atom. The Morgan fingerprint density at radius 3 is 2.37 bits per heavy atom. The summed E-state index contributed by atoms with van der Waals surface area (Å²) in [4.78, 5) is 23.4. The number of hydrogen-bond acceptors (Lipinski definition) is 4. The molecule has 140 valence electrons. The predicted octanol–water partition coefficient (Wildman–Crippen LogP) is 3.55. The number of hydrazone groups is 1. The van der Waals surface area contributed by atoms with Gasteiger partial charge >= 0.3 is 5.97 Å². The van der Waals surface area contributed by atoms with Crippen LogP contribution in [0.5, 0.6) is 5.75 Å². The first-order valence-electron chi connectivity index (χ1n) is 8.80. The molecule has 27 heavy (non-hydrogen) atoms. The molecule has 2 aromatic carbocycles. The van der Waals surface area contributed by atoms with Gasteiger partial charge in [-0.2, -0.15) is 5.10 Å². The second-order valence-electron chi connectivity index (χ2n) is 6.54. The summed E-state index contributed by atoms with van der Waals surface area (Å²) in [6.07, 6.45) is 0.300. The summed E-state index contributed by atoms with van der Waals surface area (Å²) in [6, 6.07) is 15.3. The molecule has 0 aliphatic carbocycles. The lowest BCUT2D eigenvalue weighted by Gasteiger charge is -2.22. The van der Waals surface area contributed by atoms with Crippen molar-refractivity contribution in [3.8, 4) is 5.75 Å². The van der Waals surface area contributed by atoms with Gasteiger partial charge in [0, 0.05) is 12.8 Å². The minimum Gasteiger partial charge on any atom is -0.497 e. The average molecular weight is 366 g/mol. The second kappa shape index (κ2) is 8.03. The Morgan fingerprint density at radius 1 is 1.11 bits per heavy atom. The fourth-order valence-electron chi connectivity index (χ4n) is 3.07. The highest BCUT2D eigenvalue weighted by Gasteiger charge is 2.33. The molecule has 1 unspecified atom stereocenters. The molecule has 0 saturated carbocycles. The van der Waals surface area contributed by atoms with Crippen LogP contribution in [0.1, 0.15) is 42.0 Å². The van der Waals surface area contributed by atoms with Crippen LogP contribution in [0.2, 0.25) is 0 Å². The van der Waals surface area contributed by atoms with Gasteiger partial charge in [-0.1, -0.05) is 29.8 Å². The third-order valence-corrected chi connectivity index (χ3v) is 4.60. The molecular formula is C21H22N2O4. The average Bonchev–Trinajstić information content (AvgIpc) is 3.12. The van der Waals surface area contributed by atoms with Crippen LogP contribution in [0, 0.1) is 6.92 Å². The summed E-state index contributed by atoms with van der Waals surface area (Å²) in [5.41, 5.74) is 3.83. The number of nitrogens with zero attached hydrogens (tertiary/aromatic N) is 2. The highest BCUT2D eigenvalue weighted by Crippen LogP contribution is 2.33. The van der Waals surface area contributed by atoms with Crippen LogP contribution in [-0.4, -0.2) is 34.8 Å². The largest absolute Gasteiger partial charge is 0.497 e. The summed E-state index contributed by atoms with van der Waals surface area (Å²) >= 11 is 0. The molecule has 0 saturated heterocycles. The van der Waals surface area contributed by atoms with Crippen molar-refractivity contribution in [2.24, 2.45) is 5.10 Å². The zero-order valence-corrected chi connectivity index (χ0v) is 15.4. The summed E-state index contributed by atoms with van der Waals surface area (Å²) < 4.78 is 5.19. The van der Waals surface area contributed by atoms with Crippen LogP contribution in [0.15, 0.2) is 53.6 Å². The zero-order chi connectivity index (χ0) is 19.4. The van der Waals surface area contributed by atoms with E-state index in [0.717, 1.165) is 28.2 Å². The molecular weight excluding hydrogens is 344 g/mol. The molecule has 0 spiro atoms. The summed E-state index contributed by atoms with van der Waals surface area (Å²) in [5.74, 6) is -0.526. The molecule has 0 bridgehead atoms. The van der Waals surface area contributed by atoms with Crippen LogP contribution in [0.3, 0.4) is 0 Å². The number of ether oxygens (including phenoxy) is 1. The lowest BCUT2D eigenvalue weighted by molar-refractivity contribution is -0.141. The Kier molecular flexibility index (Phi) is 5.54. The molecule has 3 rings (SSSR count). The van der Waals surface area contributed by atoms with Crippen LogP contribution in [-0.2, 0) is 9.59 Å². The molecule has 6 nitrogen and oxygen atoms in total. The molecule has 0 fully saturated rings. The number of methoxy groups -OCH3 is 1. The van der Waals surface area contributed by atoms with E-state index in [4.69, 9.17) is 9.84 Å². The molecule has 2 aromatic rings. The van der Waals surface area contributed by atoms with Gasteiger partial charge in [-0.3, -0.25) is 9.59 Å². The predicted molar refractivity (Wildman–Crippen MR) is 102 cm³/mol. The van der Waals surface area contributed by atoms with Crippen molar-refractivity contribution in [2.75, 3.05) is 7.11 Å². The number of rotatable bonds is 6. The first kappa shape index (κ1) is 18.6. The van der Waals surface area contributed by atoms with E-state index in [9.17, 15) is 9.59 Å². The van der Waals surface area contributed by atoms with Gasteiger partial charge in [0.05, 0.1) is 25.3 Å². The standard InChI is InChI=1S/C21H22N2O4/c1-14-3-5-16(6-4-14)19-13-18(15-7-9-17(27-2)10-8-15)22-23(19)20(24)11-12-21(25)26/h3-10,19H,11-13H2,1-2H3,(H,25,26). The molecule has 1 N–H and O–H groups in total. The number of benzene rings is 2. The molecule has 1 aliphatic rings. The Hall–Kier alpha value is -3.15. The van der Waals surface area contributed by atoms with Gasteiger partial charge in [0.1, 0.15) is 5.75 Å². The zero-order valence-electron chi connectivity index (χ0n) is 15.4. The van der Waals surface area contributed by atoms with E-state index < -0.39 is 5.97 Å². The van der Waals surface area contributed by atoms with E-state index >= 15 is 0 Å². The first-order valence-corrected chi connectivity index (χ1v) is 8.80. The van der Waals surface area contributed by atoms with E-state index in [2.05, 4.69) is 5.10 Å². The number of amides is 1. The number of carbonyl (C=O) groups is 2. The van der Waals surface area contributed by atoms with Crippen LogP contribution < -0.4 is 4.74 Å². The fourth-order valence-corrected chi connectivity index (χ4v) is 3.07. The van der Waals surface area contributed by atoms with Crippen molar-refractivity contribution in [1.29, 1.82) is 0 Å². The maximum Gasteiger partial charge on any atom is 0.303 e. The van der Waals surface area contributed by atoms with Crippen molar-refractivity contribution in [2.45, 2.75) is 32.2 Å². The van der Waals surface area contributed by atoms with Crippen molar-refractivity contribution < 1.29 is 19.4 Å². The lowest BCUT2D eigenvalue weighted by Crippen LogP contribution is -2.27. The van der Waals surface area contributed by atoms with Gasteiger partial charge in [0.25, 0.3) is 0 Å². The van der Waals surface area contributed by atoms with Crippen molar-refractivity contribution in [1.82, 2.24) is 5.01 Å². The lowest BCUT2D eigenvalue weighted by atomic mass is 9.97. The second-order valence-corrected chi connectivity index (χ2v) is 6.54. The molecule has 0 aromatic heterocycles. The Bertz CT molecular complexity index is 857. The van der Waals surface area contributed by atoms with Gasteiger partial charge in [-0.05, 0) is 42.3 Å². The number of hydrogen-bond donors (Lipinski definition) is 1. The minimum atomic E-state index is -0.992. The number of aryl methyl sites for hydroxylation is 1. The van der Waals surface area contributed by atoms with E-state index in [1.165, 1.54) is 5.01 Å². The normalized spacial score (nSPS) is 16.1. The number of aliphatic carboxylic acids is 1. The smallest absolute Gasteiger partial charge is 0.303 e. The summed E-state index contributed by atoms with van der Waals surface area (Å²) in [5, 5.41) is 14.9. The highest BCUT2D eigenvalue weighted by atomic mass is 16.5. The molecule has 1 amide bonds. The van der Waals surface area contributed by atoms with Crippen molar-refractivity contribution in [3.05, 3.63) is 65.2 Å². The van der Waals surface area contributed by atoms with Crippen molar-refractivity contribution in [3.63, 3.8) is 0 Å². The van der Waals surface area contributed by atoms with E-state index in [-0.39, 0.29) is 24.8 Å². The van der Waals surface area contributed by atoms with Crippen LogP contribution in [0.4, 0.5) is 0 Å². The number of carboxylic acid groups (broad SMARTS) is 1. The van der Waals surface area contributed by atoms with Gasteiger partial charge in [0.2, 0.25) is 5.91 Å². The Labute approximate surface area is 158 Å². The summed E-state index contributed by atoms with van der Waals surface area (Å²) in [6.45, 7) is 2.01. The first-order chi connectivity index (χ1) is 13.0. The third-order valence-electron chi connectivity index (χ3n) is 4.60. The monoisotopic (exact) mass is 366 g/mol. The van der Waals surface area contributed by atoms with Gasteiger partial charge < -0.3 is 9.84 Å². The van der Waals surface area contributed by atoms with Crippen LogP contribution >= 0.6 is 0 Å². The maximum absolute atomic E-state index is 12.6. The molecule has 0 radical (unpaired) electrons. The number of carbonyl (C=O) groups excluding carboxylic acids is 1. The third kappa shape index (κ3) is 4.34. The van der Waals surface area contributed by atoms with E-state index in [1.54, 1.807) is 7.11 Å². The van der Waals surface area contributed by atoms with Gasteiger partial charge in [0.15, 0.2) is 0 Å². The maximum atomic E-state index is 12.6. The molecule has 1 atom stereocenters. The minimum absolute atomic E-state index is 0.0723. The van der Waals surface area contributed by atoms with Crippen molar-refractivity contribution >= 4 is 17.6 Å². The summed E-state index contributed by atoms with van der Waals surface area (Å²) in [7, 11) is 1.61. The fraction of sp³-hybridized carbons (Fsp3) is 0.286. The molecule has 1 aliphatic heterocycles. The van der Waals surface area contributed by atoms with E-state index in [1.807, 2.05) is 55.5 Å². The quantitative estimate of drug-likeness (QED) is 0.848. The Balaban J connectivity index is 1.88. The van der Waals surface area contributed by atoms with Gasteiger partial charge in [-0.25, -0.2) is 5.01 Å². The number of carboxylic acids is 1. The molecule has 1 heterocycles. The highest BCUT2D eigenvalue weighted by molar-refractivity contribution is 6.03. The topological polar surface area (TPSA) is 79.2 Å². The van der Waals surface area contributed by atoms with Gasteiger partial charge in [-0.15, -0.1) is 0 Å².